The molecule has 0 aliphatic rings. The fourth-order valence-corrected chi connectivity index (χ4v) is 1.19. The first-order valence-corrected chi connectivity index (χ1v) is 3.83. The Morgan fingerprint density at radius 3 is 2.46 bits per heavy atom. The van der Waals surface area contributed by atoms with Crippen LogP contribution in [0.4, 0.5) is 5.69 Å². The van der Waals surface area contributed by atoms with Crippen molar-refractivity contribution in [3.63, 3.8) is 0 Å². The van der Waals surface area contributed by atoms with Gasteiger partial charge in [0.25, 0.3) is 0 Å². The minimum atomic E-state index is -1.13. The van der Waals surface area contributed by atoms with Crippen LogP contribution in [0.2, 0.25) is 0 Å². The van der Waals surface area contributed by atoms with Crippen molar-refractivity contribution in [1.82, 2.24) is 0 Å². The van der Waals surface area contributed by atoms with E-state index in [0.717, 1.165) is 6.07 Å². The van der Waals surface area contributed by atoms with Crippen LogP contribution in [0.25, 0.3) is 0 Å². The number of carboxylic acid groups (broad SMARTS) is 1. The zero-order valence-electron chi connectivity index (χ0n) is 6.32. The summed E-state index contributed by atoms with van der Waals surface area (Å²) in [5.41, 5.74) is 5.54. The number of phenolic OH excluding ortho intramolecular Hbond substituents is 1. The van der Waals surface area contributed by atoms with E-state index in [1.165, 1.54) is 6.07 Å². The maximum absolute atomic E-state index is 10.5. The number of nitrogens with two attached hydrogens (primary N) is 1. The molecule has 4 nitrogen and oxygen atoms in total. The highest BCUT2D eigenvalue weighted by molar-refractivity contribution is 9.10. The molecule has 0 atom stereocenters. The normalized spacial score (nSPS) is 9.00. The largest absolute Gasteiger partial charge is 0.508 e. The molecular weight excluding hydrogens is 306 g/mol. The Morgan fingerprint density at radius 1 is 1.46 bits per heavy atom. The molecule has 0 amide bonds. The lowest BCUT2D eigenvalue weighted by molar-refractivity contribution is 0.0695. The van der Waals surface area contributed by atoms with E-state index in [9.17, 15) is 4.79 Å². The Bertz CT molecular complexity index is 341. The summed E-state index contributed by atoms with van der Waals surface area (Å²) in [5.74, 6) is -1.29. The van der Waals surface area contributed by atoms with Gasteiger partial charge in [-0.1, -0.05) is 0 Å². The zero-order valence-corrected chi connectivity index (χ0v) is 9.62. The van der Waals surface area contributed by atoms with Crippen LogP contribution in [0.15, 0.2) is 16.6 Å². The molecule has 72 valence electrons. The summed E-state index contributed by atoms with van der Waals surface area (Å²) in [6.45, 7) is 0. The number of aromatic carboxylic acids is 1. The number of phenols is 1. The molecule has 0 saturated heterocycles. The van der Waals surface area contributed by atoms with Crippen LogP contribution in [-0.4, -0.2) is 16.2 Å². The molecule has 0 aromatic heterocycles. The highest BCUT2D eigenvalue weighted by atomic mass is 79.9. The van der Waals surface area contributed by atoms with Crippen LogP contribution >= 0.6 is 32.9 Å². The molecule has 1 aromatic carbocycles. The van der Waals surface area contributed by atoms with Crippen molar-refractivity contribution >= 4 is 44.6 Å². The van der Waals surface area contributed by atoms with Crippen molar-refractivity contribution in [2.75, 3.05) is 5.73 Å². The summed E-state index contributed by atoms with van der Waals surface area (Å²) in [4.78, 5) is 10.5. The fourth-order valence-electron chi connectivity index (χ4n) is 0.787. The second-order valence-corrected chi connectivity index (χ2v) is 2.99. The summed E-state index contributed by atoms with van der Waals surface area (Å²) in [7, 11) is 0. The lowest BCUT2D eigenvalue weighted by Crippen LogP contribution is -2.00. The van der Waals surface area contributed by atoms with Crippen LogP contribution < -0.4 is 5.73 Å². The first-order chi connectivity index (χ1) is 5.52. The molecule has 1 aromatic rings. The van der Waals surface area contributed by atoms with Crippen molar-refractivity contribution in [3.05, 3.63) is 22.2 Å². The zero-order chi connectivity index (χ0) is 9.30. The standard InChI is InChI=1S/C7H6BrNO3.BrH/c8-6-4(7(11)12)1-3(10)2-5(6)9;/h1-2,10H,9H2,(H,11,12);1H. The number of carbonyl (C=O) groups is 1. The molecule has 0 aliphatic heterocycles. The van der Waals surface area contributed by atoms with Gasteiger partial charge in [-0.2, -0.15) is 0 Å². The quantitative estimate of drug-likeness (QED) is 0.693. The molecule has 0 radical (unpaired) electrons. The average molecular weight is 313 g/mol. The lowest BCUT2D eigenvalue weighted by Gasteiger charge is -2.03. The van der Waals surface area contributed by atoms with Gasteiger partial charge in [0.15, 0.2) is 0 Å². The van der Waals surface area contributed by atoms with E-state index in [0.29, 0.717) is 0 Å². The maximum atomic E-state index is 10.5. The number of rotatable bonds is 1. The molecule has 0 heterocycles. The molecule has 13 heavy (non-hydrogen) atoms. The van der Waals surface area contributed by atoms with Gasteiger partial charge in [-0.3, -0.25) is 0 Å². The van der Waals surface area contributed by atoms with Crippen LogP contribution in [0, 0.1) is 0 Å². The first-order valence-electron chi connectivity index (χ1n) is 3.03. The van der Waals surface area contributed by atoms with E-state index in [2.05, 4.69) is 15.9 Å². The van der Waals surface area contributed by atoms with E-state index in [4.69, 9.17) is 15.9 Å². The van der Waals surface area contributed by atoms with Gasteiger partial charge in [-0.15, -0.1) is 17.0 Å². The monoisotopic (exact) mass is 311 g/mol. The molecule has 6 heteroatoms. The SMILES string of the molecule is Br.Nc1cc(O)cc(C(=O)O)c1Br. The third-order valence-corrected chi connectivity index (χ3v) is 2.20. The lowest BCUT2D eigenvalue weighted by atomic mass is 10.2. The van der Waals surface area contributed by atoms with E-state index < -0.39 is 5.97 Å². The van der Waals surface area contributed by atoms with Gasteiger partial charge in [-0.25, -0.2) is 4.79 Å². The number of hydrogen-bond acceptors (Lipinski definition) is 3. The molecule has 4 N–H and O–H groups in total. The van der Waals surface area contributed by atoms with Gasteiger partial charge < -0.3 is 15.9 Å². The molecule has 0 unspecified atom stereocenters. The summed E-state index contributed by atoms with van der Waals surface area (Å²) >= 11 is 3.00. The molecule has 0 spiro atoms. The van der Waals surface area contributed by atoms with Crippen LogP contribution in [-0.2, 0) is 0 Å². The Hall–Kier alpha value is -0.750. The van der Waals surface area contributed by atoms with E-state index in [1.54, 1.807) is 0 Å². The summed E-state index contributed by atoms with van der Waals surface area (Å²) < 4.78 is 0.285. The van der Waals surface area contributed by atoms with Gasteiger partial charge in [0.1, 0.15) is 5.75 Å². The Kier molecular flexibility index (Phi) is 4.22. The van der Waals surface area contributed by atoms with Crippen molar-refractivity contribution in [2.45, 2.75) is 0 Å². The van der Waals surface area contributed by atoms with Crippen LogP contribution in [0.1, 0.15) is 10.4 Å². The average Bonchev–Trinajstić information content (AvgIpc) is 1.96. The number of nitrogen functional groups attached to an aromatic ring is 1. The summed E-state index contributed by atoms with van der Waals surface area (Å²) in [6, 6.07) is 2.40. The highest BCUT2D eigenvalue weighted by Gasteiger charge is 2.11. The second kappa shape index (κ2) is 4.48. The number of aromatic hydroxyl groups is 1. The smallest absolute Gasteiger partial charge is 0.337 e. The van der Waals surface area contributed by atoms with E-state index in [1.807, 2.05) is 0 Å². The van der Waals surface area contributed by atoms with Crippen molar-refractivity contribution in [2.24, 2.45) is 0 Å². The van der Waals surface area contributed by atoms with Gasteiger partial charge in [0.2, 0.25) is 0 Å². The third kappa shape index (κ3) is 2.60. The van der Waals surface area contributed by atoms with Crippen molar-refractivity contribution in [3.8, 4) is 5.75 Å². The predicted octanol–water partition coefficient (Wildman–Crippen LogP) is 2.01. The Labute approximate surface area is 93.3 Å². The van der Waals surface area contributed by atoms with Gasteiger partial charge in [0, 0.05) is 6.07 Å². The second-order valence-electron chi connectivity index (χ2n) is 2.20. The minimum absolute atomic E-state index is 0. The number of hydrogen-bond donors (Lipinski definition) is 3. The van der Waals surface area contributed by atoms with Gasteiger partial charge >= 0.3 is 5.97 Å². The summed E-state index contributed by atoms with van der Waals surface area (Å²) in [6.07, 6.45) is 0. The van der Waals surface area contributed by atoms with Gasteiger partial charge in [-0.05, 0) is 22.0 Å². The molecule has 0 saturated carbocycles. The molecule has 1 rings (SSSR count). The van der Waals surface area contributed by atoms with Crippen LogP contribution in [0.3, 0.4) is 0 Å². The molecular formula is C7H7Br2NO3. The topological polar surface area (TPSA) is 83.5 Å². The number of halogens is 2. The van der Waals surface area contributed by atoms with Crippen molar-refractivity contribution < 1.29 is 15.0 Å². The molecule has 0 fully saturated rings. The first kappa shape index (κ1) is 12.2. The van der Waals surface area contributed by atoms with Crippen molar-refractivity contribution in [1.29, 1.82) is 0 Å². The highest BCUT2D eigenvalue weighted by Crippen LogP contribution is 2.28. The maximum Gasteiger partial charge on any atom is 0.337 e. The van der Waals surface area contributed by atoms with Crippen LogP contribution in [0.5, 0.6) is 5.75 Å². The Balaban J connectivity index is 0.00000144. The van der Waals surface area contributed by atoms with E-state index in [-0.39, 0.29) is 38.5 Å². The Morgan fingerprint density at radius 2 is 2.00 bits per heavy atom. The molecule has 0 bridgehead atoms. The van der Waals surface area contributed by atoms with E-state index >= 15 is 0 Å². The predicted molar refractivity (Wildman–Crippen MR) is 57.5 cm³/mol. The fraction of sp³-hybridized carbons (Fsp3) is 0. The number of anilines is 1. The number of benzene rings is 1. The molecule has 0 aliphatic carbocycles. The van der Waals surface area contributed by atoms with Gasteiger partial charge in [0.05, 0.1) is 15.7 Å². The minimum Gasteiger partial charge on any atom is -0.508 e. The number of carboxylic acids is 1. The third-order valence-electron chi connectivity index (χ3n) is 1.32. The summed E-state index contributed by atoms with van der Waals surface area (Å²) in [5, 5.41) is 17.6.